The van der Waals surface area contributed by atoms with Crippen LogP contribution < -0.4 is 0 Å². The van der Waals surface area contributed by atoms with E-state index >= 15 is 0 Å². The van der Waals surface area contributed by atoms with Gasteiger partial charge in [-0.2, -0.15) is 6.42 Å². The summed E-state index contributed by atoms with van der Waals surface area (Å²) in [5.74, 6) is 0.883. The van der Waals surface area contributed by atoms with Gasteiger partial charge in [-0.15, -0.1) is 0 Å². The second-order valence-corrected chi connectivity index (χ2v) is 4.25. The van der Waals surface area contributed by atoms with Crippen LogP contribution in [0.3, 0.4) is 0 Å². The molecule has 1 aliphatic carbocycles. The van der Waals surface area contributed by atoms with E-state index in [9.17, 15) is 0 Å². The van der Waals surface area contributed by atoms with E-state index < -0.39 is 0 Å². The Hall–Kier alpha value is 0.844. The number of allylic oxidation sites excluding steroid dienone is 2. The van der Waals surface area contributed by atoms with Crippen molar-refractivity contribution in [1.82, 2.24) is 0 Å². The minimum absolute atomic E-state index is 0. The van der Waals surface area contributed by atoms with E-state index in [0.29, 0.717) is 5.41 Å². The zero-order valence-corrected chi connectivity index (χ0v) is 10.7. The summed E-state index contributed by atoms with van der Waals surface area (Å²) < 4.78 is 0. The van der Waals surface area contributed by atoms with Gasteiger partial charge in [0.2, 0.25) is 0 Å². The first-order valence-electron chi connectivity index (χ1n) is 4.16. The summed E-state index contributed by atoms with van der Waals surface area (Å²) in [6.45, 7) is 6.99. The fraction of sp³-hybridized carbons (Fsp3) is 0.800. The molecule has 1 heteroatoms. The molecule has 61 valence electrons. The first-order chi connectivity index (χ1) is 4.61. The summed E-state index contributed by atoms with van der Waals surface area (Å²) in [5.41, 5.74) is 0.499. The van der Waals surface area contributed by atoms with Crippen LogP contribution in [0, 0.1) is 17.4 Å². The molecular formula is C10H17Y-. The van der Waals surface area contributed by atoms with Crippen molar-refractivity contribution in [2.45, 2.75) is 40.0 Å². The van der Waals surface area contributed by atoms with Crippen molar-refractivity contribution in [2.75, 3.05) is 0 Å². The summed E-state index contributed by atoms with van der Waals surface area (Å²) >= 11 is 0. The van der Waals surface area contributed by atoms with Crippen LogP contribution in [0.2, 0.25) is 0 Å². The molecule has 0 aliphatic heterocycles. The predicted octanol–water partition coefficient (Wildman–Crippen LogP) is 3.19. The maximum atomic E-state index is 3.26. The van der Waals surface area contributed by atoms with Crippen molar-refractivity contribution < 1.29 is 32.7 Å². The van der Waals surface area contributed by atoms with Gasteiger partial charge in [0.15, 0.2) is 0 Å². The van der Waals surface area contributed by atoms with Gasteiger partial charge in [0.1, 0.15) is 0 Å². The molecule has 1 atom stereocenters. The zero-order chi connectivity index (χ0) is 7.61. The van der Waals surface area contributed by atoms with Crippen molar-refractivity contribution in [3.8, 4) is 0 Å². The topological polar surface area (TPSA) is 0 Å². The average molecular weight is 226 g/mol. The van der Waals surface area contributed by atoms with Crippen LogP contribution in [0.4, 0.5) is 0 Å². The Balaban J connectivity index is 0.000001000. The van der Waals surface area contributed by atoms with Crippen LogP contribution in [0.15, 0.2) is 6.08 Å². The minimum atomic E-state index is 0. The van der Waals surface area contributed by atoms with E-state index in [4.69, 9.17) is 0 Å². The van der Waals surface area contributed by atoms with Gasteiger partial charge in [0, 0.05) is 32.7 Å². The van der Waals surface area contributed by atoms with Gasteiger partial charge < -0.3 is 6.08 Å². The van der Waals surface area contributed by atoms with Crippen LogP contribution in [0.25, 0.3) is 0 Å². The zero-order valence-electron chi connectivity index (χ0n) is 7.85. The fourth-order valence-corrected chi connectivity index (χ4v) is 1.49. The third-order valence-corrected chi connectivity index (χ3v) is 2.41. The molecule has 0 fully saturated rings. The monoisotopic (exact) mass is 226 g/mol. The Morgan fingerprint density at radius 1 is 1.36 bits per heavy atom. The van der Waals surface area contributed by atoms with Gasteiger partial charge in [-0.3, -0.25) is 6.08 Å². The van der Waals surface area contributed by atoms with E-state index in [0.717, 1.165) is 5.92 Å². The molecule has 1 rings (SSSR count). The van der Waals surface area contributed by atoms with Gasteiger partial charge in [0.25, 0.3) is 0 Å². The summed E-state index contributed by atoms with van der Waals surface area (Å²) in [6.07, 6.45) is 9.21. The third kappa shape index (κ3) is 3.85. The quantitative estimate of drug-likeness (QED) is 0.556. The predicted molar refractivity (Wildman–Crippen MR) is 44.6 cm³/mol. The average Bonchev–Trinajstić information content (AvgIpc) is 1.88. The first kappa shape index (κ1) is 11.8. The fourth-order valence-electron chi connectivity index (χ4n) is 1.49. The van der Waals surface area contributed by atoms with E-state index in [-0.39, 0.29) is 32.7 Å². The molecule has 0 spiro atoms. The maximum absolute atomic E-state index is 3.26. The molecule has 1 aliphatic rings. The molecule has 0 saturated heterocycles. The first-order valence-corrected chi connectivity index (χ1v) is 4.16. The SMILES string of the molecule is CC(C)(C)C1CC=[C-]CC1.[Y]. The maximum Gasteiger partial charge on any atom is 0 e. The molecule has 0 aromatic rings. The van der Waals surface area contributed by atoms with Gasteiger partial charge in [-0.25, -0.2) is 0 Å². The molecule has 0 amide bonds. The number of hydrogen-bond donors (Lipinski definition) is 0. The van der Waals surface area contributed by atoms with Crippen LogP contribution in [0.1, 0.15) is 40.0 Å². The molecule has 1 unspecified atom stereocenters. The van der Waals surface area contributed by atoms with E-state index in [1.165, 1.54) is 19.3 Å². The molecule has 0 saturated carbocycles. The molecule has 0 nitrogen and oxygen atoms in total. The van der Waals surface area contributed by atoms with Gasteiger partial charge >= 0.3 is 0 Å². The summed E-state index contributed by atoms with van der Waals surface area (Å²) in [6, 6.07) is 0. The van der Waals surface area contributed by atoms with E-state index in [1.807, 2.05) is 0 Å². The van der Waals surface area contributed by atoms with E-state index in [2.05, 4.69) is 32.9 Å². The standard InChI is InChI=1S/C10H17.Y/c1-10(2,3)9-7-5-4-6-8-9;/h5,9H,6-8H2,1-3H3;/q-1;. The van der Waals surface area contributed by atoms with Gasteiger partial charge in [0.05, 0.1) is 0 Å². The molecule has 0 N–H and O–H groups in total. The molecule has 11 heavy (non-hydrogen) atoms. The Morgan fingerprint density at radius 2 is 2.00 bits per heavy atom. The number of hydrogen-bond acceptors (Lipinski definition) is 0. The van der Waals surface area contributed by atoms with Gasteiger partial charge in [-0.1, -0.05) is 33.6 Å². The Kier molecular flexibility index (Phi) is 5.13. The summed E-state index contributed by atoms with van der Waals surface area (Å²) in [4.78, 5) is 0. The van der Waals surface area contributed by atoms with Crippen LogP contribution in [-0.4, -0.2) is 0 Å². The minimum Gasteiger partial charge on any atom is -0.501 e. The summed E-state index contributed by atoms with van der Waals surface area (Å²) in [7, 11) is 0. The second kappa shape index (κ2) is 4.77. The summed E-state index contributed by atoms with van der Waals surface area (Å²) in [5, 5.41) is 0. The molecule has 0 aromatic heterocycles. The normalized spacial score (nSPS) is 24.5. The molecule has 0 bridgehead atoms. The Morgan fingerprint density at radius 3 is 2.27 bits per heavy atom. The van der Waals surface area contributed by atoms with Crippen molar-refractivity contribution in [1.29, 1.82) is 0 Å². The van der Waals surface area contributed by atoms with E-state index in [1.54, 1.807) is 0 Å². The van der Waals surface area contributed by atoms with Crippen LogP contribution in [-0.2, 0) is 32.7 Å². The van der Waals surface area contributed by atoms with Crippen molar-refractivity contribution in [3.63, 3.8) is 0 Å². The van der Waals surface area contributed by atoms with Crippen LogP contribution >= 0.6 is 0 Å². The van der Waals surface area contributed by atoms with Crippen molar-refractivity contribution in [3.05, 3.63) is 12.2 Å². The number of rotatable bonds is 0. The Labute approximate surface area is 95.7 Å². The largest absolute Gasteiger partial charge is 0.501 e. The smallest absolute Gasteiger partial charge is 0 e. The van der Waals surface area contributed by atoms with Crippen molar-refractivity contribution >= 4 is 0 Å². The van der Waals surface area contributed by atoms with Crippen molar-refractivity contribution in [2.24, 2.45) is 11.3 Å². The van der Waals surface area contributed by atoms with Gasteiger partial charge in [-0.05, 0) is 11.3 Å². The molecule has 1 radical (unpaired) electrons. The third-order valence-electron chi connectivity index (χ3n) is 2.41. The Bertz CT molecular complexity index is 130. The molecule has 0 aromatic carbocycles. The molecular weight excluding hydrogens is 209 g/mol. The molecule has 0 heterocycles. The second-order valence-electron chi connectivity index (χ2n) is 4.25. The van der Waals surface area contributed by atoms with Crippen LogP contribution in [0.5, 0.6) is 0 Å².